The molecule has 1 amide bonds. The Morgan fingerprint density at radius 2 is 1.53 bits per heavy atom. The molecule has 0 aromatic carbocycles. The van der Waals surface area contributed by atoms with Gasteiger partial charge in [0.25, 0.3) is 0 Å². The zero-order valence-electron chi connectivity index (χ0n) is 9.13. The summed E-state index contributed by atoms with van der Waals surface area (Å²) < 4.78 is 4.77. The van der Waals surface area contributed by atoms with Gasteiger partial charge in [-0.05, 0) is 26.0 Å². The summed E-state index contributed by atoms with van der Waals surface area (Å²) >= 11 is 0. The molecule has 86 valence electrons. The van der Waals surface area contributed by atoms with Crippen LogP contribution in [-0.2, 0) is 9.53 Å². The van der Waals surface area contributed by atoms with Gasteiger partial charge >= 0.3 is 0 Å². The molecular formula is C11H18ClNO2. The average molecular weight is 232 g/mol. The van der Waals surface area contributed by atoms with Crippen LogP contribution in [0, 0.1) is 0 Å². The number of ether oxygens (including phenoxy) is 1. The Morgan fingerprint density at radius 1 is 1.07 bits per heavy atom. The second-order valence-electron chi connectivity index (χ2n) is 2.50. The normalized spacial score (nSPS) is 11.3. The van der Waals surface area contributed by atoms with Crippen LogP contribution in [0.25, 0.3) is 0 Å². The number of nitrogens with zero attached hydrogens (tertiary/aromatic N) is 1. The van der Waals surface area contributed by atoms with Gasteiger partial charge in [0.05, 0.1) is 12.5 Å². The van der Waals surface area contributed by atoms with Crippen LogP contribution >= 0.6 is 12.4 Å². The van der Waals surface area contributed by atoms with E-state index in [1.165, 1.54) is 0 Å². The Hall–Kier alpha value is -1.22. The molecule has 0 aromatic rings. The van der Waals surface area contributed by atoms with Crippen molar-refractivity contribution in [1.29, 1.82) is 0 Å². The minimum Gasteiger partial charge on any atom is -0.473 e. The summed E-state index contributed by atoms with van der Waals surface area (Å²) in [4.78, 5) is 11.6. The van der Waals surface area contributed by atoms with Crippen LogP contribution in [0.15, 0.2) is 36.8 Å². The van der Waals surface area contributed by atoms with Gasteiger partial charge in [0.1, 0.15) is 0 Å². The van der Waals surface area contributed by atoms with Crippen molar-refractivity contribution in [1.82, 2.24) is 4.90 Å². The summed E-state index contributed by atoms with van der Waals surface area (Å²) in [5.74, 6) is 0. The second kappa shape index (κ2) is 12.8. The zero-order chi connectivity index (χ0) is 10.6. The van der Waals surface area contributed by atoms with Gasteiger partial charge in [-0.3, -0.25) is 4.79 Å². The van der Waals surface area contributed by atoms with Crippen molar-refractivity contribution >= 4 is 18.8 Å². The summed E-state index contributed by atoms with van der Waals surface area (Å²) in [6.07, 6.45) is 11.6. The molecule has 0 aromatic heterocycles. The number of rotatable bonds is 3. The van der Waals surface area contributed by atoms with Crippen LogP contribution in [0.5, 0.6) is 0 Å². The number of carbonyl (C=O) groups excluding carboxylic acids is 1. The van der Waals surface area contributed by atoms with E-state index in [4.69, 9.17) is 4.74 Å². The number of allylic oxidation sites excluding steroid dienone is 4. The van der Waals surface area contributed by atoms with Crippen molar-refractivity contribution < 1.29 is 9.53 Å². The van der Waals surface area contributed by atoms with Crippen molar-refractivity contribution in [3.8, 4) is 0 Å². The van der Waals surface area contributed by atoms with Gasteiger partial charge in [0, 0.05) is 13.1 Å². The Labute approximate surface area is 97.5 Å². The first-order valence-corrected chi connectivity index (χ1v) is 4.68. The van der Waals surface area contributed by atoms with Crippen molar-refractivity contribution in [3.63, 3.8) is 0 Å². The topological polar surface area (TPSA) is 29.5 Å². The lowest BCUT2D eigenvalue weighted by atomic mass is 10.5. The first kappa shape index (κ1) is 16.2. The fraction of sp³-hybridized carbons (Fsp3) is 0.364. The Balaban J connectivity index is 0. The predicted molar refractivity (Wildman–Crippen MR) is 64.7 cm³/mol. The highest BCUT2D eigenvalue weighted by Gasteiger charge is 1.87. The fourth-order valence-corrected chi connectivity index (χ4v) is 0.728. The largest absolute Gasteiger partial charge is 0.473 e. The molecule has 0 aliphatic carbocycles. The predicted octanol–water partition coefficient (Wildman–Crippen LogP) is 2.51. The van der Waals surface area contributed by atoms with Crippen LogP contribution in [0.4, 0.5) is 0 Å². The number of amides is 1. The highest BCUT2D eigenvalue weighted by molar-refractivity contribution is 5.85. The molecule has 1 rings (SSSR count). The molecule has 1 heterocycles. The van der Waals surface area contributed by atoms with Gasteiger partial charge in [-0.15, -0.1) is 12.4 Å². The van der Waals surface area contributed by atoms with Gasteiger partial charge < -0.3 is 9.64 Å². The van der Waals surface area contributed by atoms with E-state index in [0.717, 1.165) is 19.5 Å². The molecule has 0 spiro atoms. The zero-order valence-corrected chi connectivity index (χ0v) is 9.94. The van der Waals surface area contributed by atoms with Crippen LogP contribution in [0.1, 0.15) is 13.8 Å². The van der Waals surface area contributed by atoms with Crippen LogP contribution in [0.3, 0.4) is 0 Å². The first-order chi connectivity index (χ1) is 6.85. The van der Waals surface area contributed by atoms with Crippen molar-refractivity contribution in [3.05, 3.63) is 36.8 Å². The summed E-state index contributed by atoms with van der Waals surface area (Å²) in [5.41, 5.74) is 0. The molecule has 0 saturated carbocycles. The second-order valence-corrected chi connectivity index (χ2v) is 2.50. The van der Waals surface area contributed by atoms with Crippen molar-refractivity contribution in [2.75, 3.05) is 13.1 Å². The molecule has 0 bridgehead atoms. The van der Waals surface area contributed by atoms with E-state index in [9.17, 15) is 4.79 Å². The SMILES string of the molecule is C1=CC=COC=C1.CCN(C=O)CC.Cl. The van der Waals surface area contributed by atoms with E-state index in [-0.39, 0.29) is 12.4 Å². The first-order valence-electron chi connectivity index (χ1n) is 4.68. The van der Waals surface area contributed by atoms with E-state index < -0.39 is 0 Å². The van der Waals surface area contributed by atoms with Gasteiger partial charge in [0.15, 0.2) is 0 Å². The van der Waals surface area contributed by atoms with E-state index in [1.807, 2.05) is 38.2 Å². The molecule has 3 nitrogen and oxygen atoms in total. The lowest BCUT2D eigenvalue weighted by molar-refractivity contribution is -0.117. The molecule has 0 unspecified atom stereocenters. The van der Waals surface area contributed by atoms with Crippen molar-refractivity contribution in [2.24, 2.45) is 0 Å². The van der Waals surface area contributed by atoms with Crippen molar-refractivity contribution in [2.45, 2.75) is 13.8 Å². The monoisotopic (exact) mass is 231 g/mol. The highest BCUT2D eigenvalue weighted by atomic mass is 35.5. The number of hydrogen-bond acceptors (Lipinski definition) is 2. The third kappa shape index (κ3) is 10.7. The number of carbonyl (C=O) groups is 1. The summed E-state index contributed by atoms with van der Waals surface area (Å²) in [7, 11) is 0. The molecule has 0 radical (unpaired) electrons. The van der Waals surface area contributed by atoms with Gasteiger partial charge in [-0.1, -0.05) is 12.2 Å². The maximum atomic E-state index is 9.89. The maximum Gasteiger partial charge on any atom is 0.209 e. The molecule has 0 atom stereocenters. The Morgan fingerprint density at radius 3 is 1.80 bits per heavy atom. The highest BCUT2D eigenvalue weighted by Crippen LogP contribution is 1.88. The lowest BCUT2D eigenvalue weighted by Gasteiger charge is -2.08. The molecule has 1 aliphatic heterocycles. The Bertz CT molecular complexity index is 207. The standard InChI is InChI=1S/C6H6O.C5H11NO.ClH/c1-2-4-6-7-5-3-1;1-3-6(4-2)5-7;/h1-6H;5H,3-4H2,1-2H3;1H. The van der Waals surface area contributed by atoms with Gasteiger partial charge in [-0.25, -0.2) is 0 Å². The number of halogens is 1. The van der Waals surface area contributed by atoms with Crippen LogP contribution in [-0.4, -0.2) is 24.4 Å². The summed E-state index contributed by atoms with van der Waals surface area (Å²) in [5, 5.41) is 0. The molecule has 1 aliphatic rings. The van der Waals surface area contributed by atoms with Gasteiger partial charge in [-0.2, -0.15) is 0 Å². The minimum atomic E-state index is 0. The smallest absolute Gasteiger partial charge is 0.209 e. The van der Waals surface area contributed by atoms with E-state index in [2.05, 4.69) is 0 Å². The summed E-state index contributed by atoms with van der Waals surface area (Å²) in [6, 6.07) is 0. The Kier molecular flexibility index (Phi) is 13.8. The molecule has 0 fully saturated rings. The molecule has 0 saturated heterocycles. The summed E-state index contributed by atoms with van der Waals surface area (Å²) in [6.45, 7) is 5.55. The molecule has 4 heteroatoms. The number of hydrogen-bond donors (Lipinski definition) is 0. The quantitative estimate of drug-likeness (QED) is 0.699. The third-order valence-electron chi connectivity index (χ3n) is 1.61. The van der Waals surface area contributed by atoms with Crippen LogP contribution < -0.4 is 0 Å². The molecule has 0 N–H and O–H groups in total. The molecule has 15 heavy (non-hydrogen) atoms. The maximum absolute atomic E-state index is 9.89. The van der Waals surface area contributed by atoms with Gasteiger partial charge in [0.2, 0.25) is 6.41 Å². The van der Waals surface area contributed by atoms with E-state index in [1.54, 1.807) is 17.4 Å². The molecular weight excluding hydrogens is 214 g/mol. The minimum absolute atomic E-state index is 0. The lowest BCUT2D eigenvalue weighted by Crippen LogP contribution is -2.19. The van der Waals surface area contributed by atoms with E-state index >= 15 is 0 Å². The fourth-order valence-electron chi connectivity index (χ4n) is 0.728. The van der Waals surface area contributed by atoms with Crippen LogP contribution in [0.2, 0.25) is 0 Å². The van der Waals surface area contributed by atoms with E-state index in [0.29, 0.717) is 0 Å². The third-order valence-corrected chi connectivity index (χ3v) is 1.61. The average Bonchev–Trinajstić information content (AvgIpc) is 2.53.